The lowest BCUT2D eigenvalue weighted by Crippen LogP contribution is -2.33. The van der Waals surface area contributed by atoms with Crippen LogP contribution in [0.5, 0.6) is 0 Å². The molecule has 11 heteroatoms. The number of pyridine rings is 1. The number of aromatic nitrogens is 1. The summed E-state index contributed by atoms with van der Waals surface area (Å²) in [5, 5.41) is 2.24. The van der Waals surface area contributed by atoms with Crippen molar-refractivity contribution in [1.82, 2.24) is 10.3 Å². The Kier molecular flexibility index (Phi) is 6.25. The molecular weight excluding hydrogens is 433 g/mol. The lowest BCUT2D eigenvalue weighted by Gasteiger charge is -2.17. The fraction of sp³-hybridized carbons (Fsp3) is 0.316. The number of nitrogens with zero attached hydrogens (tertiary/aromatic N) is 2. The van der Waals surface area contributed by atoms with E-state index >= 15 is 0 Å². The van der Waals surface area contributed by atoms with Crippen molar-refractivity contribution in [3.63, 3.8) is 0 Å². The van der Waals surface area contributed by atoms with Gasteiger partial charge in [-0.2, -0.15) is 13.2 Å². The summed E-state index contributed by atoms with van der Waals surface area (Å²) in [7, 11) is 0. The first-order valence-electron chi connectivity index (χ1n) is 8.74. The van der Waals surface area contributed by atoms with Gasteiger partial charge in [0.2, 0.25) is 11.8 Å². The minimum absolute atomic E-state index is 0.00840. The third-order valence-electron chi connectivity index (χ3n) is 4.60. The minimum atomic E-state index is -4.59. The van der Waals surface area contributed by atoms with Gasteiger partial charge >= 0.3 is 6.18 Å². The van der Waals surface area contributed by atoms with Gasteiger partial charge in [-0.25, -0.2) is 8.78 Å². The smallest absolute Gasteiger partial charge is 0.350 e. The molecule has 0 saturated carbocycles. The number of nitrogens with one attached hydrogen (secondary N) is 1. The van der Waals surface area contributed by atoms with Gasteiger partial charge in [0.25, 0.3) is 6.43 Å². The first-order valence-corrected chi connectivity index (χ1v) is 9.12. The van der Waals surface area contributed by atoms with Crippen LogP contribution in [-0.4, -0.2) is 23.3 Å². The number of carbonyl (C=O) groups excluding carboxylic acids is 2. The SMILES string of the molecule is O=C(NCc1ncc(C(F)(F)F)cc1Cl)C1CC(=O)N(c2cccc(C(F)F)c2)C1. The lowest BCUT2D eigenvalue weighted by molar-refractivity contribution is -0.137. The average molecular weight is 448 g/mol. The van der Waals surface area contributed by atoms with Crippen molar-refractivity contribution in [3.8, 4) is 0 Å². The Balaban J connectivity index is 1.63. The average Bonchev–Trinajstić information content (AvgIpc) is 3.08. The Morgan fingerprint density at radius 2 is 2.03 bits per heavy atom. The molecule has 1 atom stereocenters. The van der Waals surface area contributed by atoms with Crippen LogP contribution in [0.4, 0.5) is 27.6 Å². The van der Waals surface area contributed by atoms with Crippen molar-refractivity contribution in [2.24, 2.45) is 5.92 Å². The van der Waals surface area contributed by atoms with Crippen molar-refractivity contribution in [3.05, 3.63) is 58.4 Å². The van der Waals surface area contributed by atoms with Crippen LogP contribution in [0.2, 0.25) is 5.02 Å². The summed E-state index contributed by atoms with van der Waals surface area (Å²) >= 11 is 5.81. The number of halogens is 6. The molecule has 5 nitrogen and oxygen atoms in total. The van der Waals surface area contributed by atoms with Crippen LogP contribution in [0.25, 0.3) is 0 Å². The summed E-state index contributed by atoms with van der Waals surface area (Å²) in [6.07, 6.45) is -6.79. The van der Waals surface area contributed by atoms with Gasteiger partial charge in [-0.15, -0.1) is 0 Å². The number of hydrogen-bond acceptors (Lipinski definition) is 3. The maximum absolute atomic E-state index is 12.9. The highest BCUT2D eigenvalue weighted by Crippen LogP contribution is 2.31. The highest BCUT2D eigenvalue weighted by atomic mass is 35.5. The zero-order valence-electron chi connectivity index (χ0n) is 15.2. The normalized spacial score (nSPS) is 17.0. The molecule has 1 saturated heterocycles. The molecule has 1 unspecified atom stereocenters. The third kappa shape index (κ3) is 4.86. The van der Waals surface area contributed by atoms with E-state index in [0.717, 1.165) is 0 Å². The summed E-state index contributed by atoms with van der Waals surface area (Å²) in [4.78, 5) is 29.5. The van der Waals surface area contributed by atoms with Crippen molar-refractivity contribution in [1.29, 1.82) is 0 Å². The predicted octanol–water partition coefficient (Wildman–Crippen LogP) is 4.36. The van der Waals surface area contributed by atoms with Crippen molar-refractivity contribution < 1.29 is 31.5 Å². The molecule has 0 bridgehead atoms. The molecule has 0 aliphatic carbocycles. The van der Waals surface area contributed by atoms with Gasteiger partial charge in [0, 0.05) is 30.4 Å². The van der Waals surface area contributed by atoms with E-state index in [4.69, 9.17) is 11.6 Å². The van der Waals surface area contributed by atoms with E-state index in [2.05, 4.69) is 10.3 Å². The van der Waals surface area contributed by atoms with E-state index in [-0.39, 0.29) is 41.5 Å². The molecule has 0 spiro atoms. The van der Waals surface area contributed by atoms with Crippen molar-refractivity contribution in [2.45, 2.75) is 25.6 Å². The molecular formula is C19H15ClF5N3O2. The first-order chi connectivity index (χ1) is 14.1. The van der Waals surface area contributed by atoms with Crippen molar-refractivity contribution in [2.75, 3.05) is 11.4 Å². The van der Waals surface area contributed by atoms with Crippen LogP contribution in [0.3, 0.4) is 0 Å². The molecule has 3 rings (SSSR count). The van der Waals surface area contributed by atoms with Crippen LogP contribution in [0.1, 0.15) is 29.7 Å². The maximum atomic E-state index is 12.9. The number of rotatable bonds is 5. The second kappa shape index (κ2) is 8.55. The first kappa shape index (κ1) is 21.9. The predicted molar refractivity (Wildman–Crippen MR) is 98.0 cm³/mol. The Morgan fingerprint density at radius 1 is 1.30 bits per heavy atom. The molecule has 1 aromatic carbocycles. The zero-order valence-corrected chi connectivity index (χ0v) is 16.0. The summed E-state index contributed by atoms with van der Waals surface area (Å²) in [6.45, 7) is -0.229. The summed E-state index contributed by atoms with van der Waals surface area (Å²) in [6, 6.07) is 6.03. The van der Waals surface area contributed by atoms with Gasteiger partial charge in [0.1, 0.15) is 0 Å². The number of carbonyl (C=O) groups is 2. The monoisotopic (exact) mass is 447 g/mol. The largest absolute Gasteiger partial charge is 0.417 e. The summed E-state index contributed by atoms with van der Waals surface area (Å²) < 4.78 is 63.7. The fourth-order valence-corrected chi connectivity index (χ4v) is 3.26. The van der Waals surface area contributed by atoms with E-state index in [1.165, 1.54) is 29.2 Å². The fourth-order valence-electron chi connectivity index (χ4n) is 3.03. The van der Waals surface area contributed by atoms with E-state index in [1.54, 1.807) is 0 Å². The molecule has 2 amide bonds. The highest BCUT2D eigenvalue weighted by Gasteiger charge is 2.35. The highest BCUT2D eigenvalue weighted by molar-refractivity contribution is 6.31. The van der Waals surface area contributed by atoms with E-state index in [9.17, 15) is 31.5 Å². The summed E-state index contributed by atoms with van der Waals surface area (Å²) in [5.41, 5.74) is -0.939. The number of benzene rings is 1. The zero-order chi connectivity index (χ0) is 22.1. The van der Waals surface area contributed by atoms with E-state index < -0.39 is 35.9 Å². The van der Waals surface area contributed by atoms with Crippen LogP contribution >= 0.6 is 11.6 Å². The lowest BCUT2D eigenvalue weighted by atomic mass is 10.1. The second-order valence-corrected chi connectivity index (χ2v) is 7.08. The summed E-state index contributed by atoms with van der Waals surface area (Å²) in [5.74, 6) is -1.66. The van der Waals surface area contributed by atoms with Gasteiger partial charge in [0.15, 0.2) is 0 Å². The number of anilines is 1. The van der Waals surface area contributed by atoms with Crippen molar-refractivity contribution >= 4 is 29.1 Å². The molecule has 1 aromatic heterocycles. The molecule has 1 aliphatic heterocycles. The molecule has 1 fully saturated rings. The van der Waals surface area contributed by atoms with Crippen LogP contribution in [-0.2, 0) is 22.3 Å². The van der Waals surface area contributed by atoms with Crippen LogP contribution in [0.15, 0.2) is 36.5 Å². The Morgan fingerprint density at radius 3 is 2.67 bits per heavy atom. The molecule has 0 radical (unpaired) electrons. The quantitative estimate of drug-likeness (QED) is 0.693. The van der Waals surface area contributed by atoms with Crippen LogP contribution in [0, 0.1) is 5.92 Å². The maximum Gasteiger partial charge on any atom is 0.417 e. The van der Waals surface area contributed by atoms with E-state index in [0.29, 0.717) is 12.3 Å². The van der Waals surface area contributed by atoms with Gasteiger partial charge in [0.05, 0.1) is 28.7 Å². The topological polar surface area (TPSA) is 62.3 Å². The third-order valence-corrected chi connectivity index (χ3v) is 4.93. The van der Waals surface area contributed by atoms with Crippen LogP contribution < -0.4 is 10.2 Å². The number of amides is 2. The Bertz CT molecular complexity index is 967. The molecule has 2 aromatic rings. The molecule has 30 heavy (non-hydrogen) atoms. The van der Waals surface area contributed by atoms with Gasteiger partial charge < -0.3 is 10.2 Å². The molecule has 160 valence electrons. The van der Waals surface area contributed by atoms with Gasteiger partial charge in [-0.1, -0.05) is 23.7 Å². The Labute approximate surface area is 172 Å². The minimum Gasteiger partial charge on any atom is -0.350 e. The Hall–Kier alpha value is -2.75. The molecule has 1 N–H and O–H groups in total. The van der Waals surface area contributed by atoms with E-state index in [1.807, 2.05) is 0 Å². The van der Waals surface area contributed by atoms with Gasteiger partial charge in [-0.3, -0.25) is 14.6 Å². The standard InChI is InChI=1S/C19H15ClF5N3O2/c20-14-6-12(19(23,24)25)7-26-15(14)8-27-18(30)11-5-16(29)28(9-11)13-3-1-2-10(4-13)17(21)22/h1-4,6-7,11,17H,5,8-9H2,(H,27,30). The molecule has 1 aliphatic rings. The number of alkyl halides is 5. The second-order valence-electron chi connectivity index (χ2n) is 6.67. The number of hydrogen-bond donors (Lipinski definition) is 1. The molecule has 2 heterocycles. The van der Waals surface area contributed by atoms with Gasteiger partial charge in [-0.05, 0) is 18.2 Å².